The minimum absolute atomic E-state index is 0.0645. The van der Waals surface area contributed by atoms with Crippen molar-refractivity contribution in [1.29, 1.82) is 0 Å². The van der Waals surface area contributed by atoms with Crippen LogP contribution in [0.2, 0.25) is 5.02 Å². The van der Waals surface area contributed by atoms with Crippen LogP contribution in [0.1, 0.15) is 33.9 Å². The summed E-state index contributed by atoms with van der Waals surface area (Å²) in [7, 11) is 1.45. The van der Waals surface area contributed by atoms with Crippen LogP contribution in [0, 0.1) is 0 Å². The molecule has 22 heavy (non-hydrogen) atoms. The van der Waals surface area contributed by atoms with Gasteiger partial charge in [0.2, 0.25) is 0 Å². The summed E-state index contributed by atoms with van der Waals surface area (Å²) in [6.45, 7) is 0. The highest BCUT2D eigenvalue weighted by Crippen LogP contribution is 2.34. The summed E-state index contributed by atoms with van der Waals surface area (Å²) in [5.74, 6) is -0.174. The molecule has 4 nitrogen and oxygen atoms in total. The van der Waals surface area contributed by atoms with Crippen molar-refractivity contribution in [1.82, 2.24) is 5.32 Å². The fourth-order valence-electron chi connectivity index (χ4n) is 2.84. The van der Waals surface area contributed by atoms with Crippen LogP contribution >= 0.6 is 11.6 Å². The molecule has 2 aromatic rings. The molecule has 1 aliphatic rings. The van der Waals surface area contributed by atoms with Gasteiger partial charge in [-0.15, -0.1) is 0 Å². The van der Waals surface area contributed by atoms with E-state index in [4.69, 9.17) is 16.3 Å². The summed E-state index contributed by atoms with van der Waals surface area (Å²) in [5, 5.41) is 13.7. The largest absolute Gasteiger partial charge is 0.504 e. The number of hydrogen-bond acceptors (Lipinski definition) is 3. The lowest BCUT2D eigenvalue weighted by Gasteiger charge is -2.15. The van der Waals surface area contributed by atoms with Crippen LogP contribution in [-0.2, 0) is 6.42 Å². The van der Waals surface area contributed by atoms with Crippen LogP contribution in [0.15, 0.2) is 36.4 Å². The van der Waals surface area contributed by atoms with E-state index in [0.29, 0.717) is 5.02 Å². The number of rotatable bonds is 3. The zero-order chi connectivity index (χ0) is 15.7. The Morgan fingerprint density at radius 2 is 2.18 bits per heavy atom. The standard InChI is InChI=1S/C17H16ClNO3/c1-22-15-4-2-3-13(16(15)20)17(21)19-14-8-5-10-9-11(18)6-7-12(10)14/h2-4,6-7,9,14,20H,5,8H2,1H3,(H,19,21). The molecule has 3 rings (SSSR count). The highest BCUT2D eigenvalue weighted by Gasteiger charge is 2.25. The topological polar surface area (TPSA) is 58.6 Å². The van der Waals surface area contributed by atoms with Gasteiger partial charge in [0.15, 0.2) is 11.5 Å². The molecule has 2 aromatic carbocycles. The average molecular weight is 318 g/mol. The molecular weight excluding hydrogens is 302 g/mol. The molecule has 1 amide bonds. The molecule has 0 aromatic heterocycles. The number of hydrogen-bond donors (Lipinski definition) is 2. The van der Waals surface area contributed by atoms with E-state index in [-0.39, 0.29) is 29.0 Å². The number of aromatic hydroxyl groups is 1. The molecule has 2 N–H and O–H groups in total. The molecule has 1 unspecified atom stereocenters. The number of methoxy groups -OCH3 is 1. The molecule has 0 heterocycles. The van der Waals surface area contributed by atoms with Crippen molar-refractivity contribution in [2.45, 2.75) is 18.9 Å². The first-order valence-corrected chi connectivity index (χ1v) is 7.43. The number of aryl methyl sites for hydroxylation is 1. The number of phenolic OH excluding ortho intramolecular Hbond substituents is 1. The molecule has 0 radical (unpaired) electrons. The van der Waals surface area contributed by atoms with Crippen molar-refractivity contribution in [3.8, 4) is 11.5 Å². The third kappa shape index (κ3) is 2.62. The second-order valence-electron chi connectivity index (χ2n) is 5.26. The number of amides is 1. The number of halogens is 1. The van der Waals surface area contributed by atoms with Crippen LogP contribution in [-0.4, -0.2) is 18.1 Å². The minimum Gasteiger partial charge on any atom is -0.504 e. The first kappa shape index (κ1) is 14.7. The van der Waals surface area contributed by atoms with Gasteiger partial charge in [0.25, 0.3) is 5.91 Å². The summed E-state index contributed by atoms with van der Waals surface area (Å²) < 4.78 is 5.03. The van der Waals surface area contributed by atoms with Gasteiger partial charge >= 0.3 is 0 Å². The summed E-state index contributed by atoms with van der Waals surface area (Å²) in [6.07, 6.45) is 1.71. The van der Waals surface area contributed by atoms with Crippen molar-refractivity contribution >= 4 is 17.5 Å². The zero-order valence-corrected chi connectivity index (χ0v) is 12.9. The SMILES string of the molecule is COc1cccc(C(=O)NC2CCc3cc(Cl)ccc32)c1O. The van der Waals surface area contributed by atoms with E-state index in [0.717, 1.165) is 24.0 Å². The monoisotopic (exact) mass is 317 g/mol. The van der Waals surface area contributed by atoms with Crippen LogP contribution in [0.4, 0.5) is 0 Å². The van der Waals surface area contributed by atoms with Gasteiger partial charge in [-0.25, -0.2) is 0 Å². The number of carbonyl (C=O) groups is 1. The van der Waals surface area contributed by atoms with E-state index in [1.165, 1.54) is 7.11 Å². The molecule has 0 fully saturated rings. The van der Waals surface area contributed by atoms with Gasteiger partial charge < -0.3 is 15.2 Å². The smallest absolute Gasteiger partial charge is 0.255 e. The lowest BCUT2D eigenvalue weighted by atomic mass is 10.1. The Labute approximate surface area is 133 Å². The maximum absolute atomic E-state index is 12.4. The van der Waals surface area contributed by atoms with E-state index in [9.17, 15) is 9.90 Å². The maximum Gasteiger partial charge on any atom is 0.255 e. The second kappa shape index (κ2) is 5.89. The molecule has 0 aliphatic heterocycles. The van der Waals surface area contributed by atoms with Crippen molar-refractivity contribution < 1.29 is 14.6 Å². The number of phenols is 1. The highest BCUT2D eigenvalue weighted by atomic mass is 35.5. The lowest BCUT2D eigenvalue weighted by Crippen LogP contribution is -2.27. The Bertz CT molecular complexity index is 730. The number of nitrogens with one attached hydrogen (secondary N) is 1. The van der Waals surface area contributed by atoms with Gasteiger partial charge in [0, 0.05) is 5.02 Å². The Morgan fingerprint density at radius 3 is 2.95 bits per heavy atom. The third-order valence-corrected chi connectivity index (χ3v) is 4.19. The average Bonchev–Trinajstić information content (AvgIpc) is 2.89. The van der Waals surface area contributed by atoms with Crippen LogP contribution < -0.4 is 10.1 Å². The van der Waals surface area contributed by atoms with Gasteiger partial charge in [-0.3, -0.25) is 4.79 Å². The van der Waals surface area contributed by atoms with Crippen LogP contribution in [0.3, 0.4) is 0 Å². The number of benzene rings is 2. The van der Waals surface area contributed by atoms with Crippen molar-refractivity contribution in [3.05, 3.63) is 58.1 Å². The number of para-hydroxylation sites is 1. The Kier molecular flexibility index (Phi) is 3.94. The van der Waals surface area contributed by atoms with Gasteiger partial charge in [-0.2, -0.15) is 0 Å². The van der Waals surface area contributed by atoms with Gasteiger partial charge in [0.05, 0.1) is 18.7 Å². The van der Waals surface area contributed by atoms with E-state index in [2.05, 4.69) is 5.32 Å². The molecule has 114 valence electrons. The summed E-state index contributed by atoms with van der Waals surface area (Å²) in [5.41, 5.74) is 2.45. The summed E-state index contributed by atoms with van der Waals surface area (Å²) in [4.78, 5) is 12.4. The molecular formula is C17H16ClNO3. The van der Waals surface area contributed by atoms with Crippen molar-refractivity contribution in [2.24, 2.45) is 0 Å². The summed E-state index contributed by atoms with van der Waals surface area (Å²) in [6, 6.07) is 10.5. The fraction of sp³-hybridized carbons (Fsp3) is 0.235. The molecule has 1 aliphatic carbocycles. The first-order valence-electron chi connectivity index (χ1n) is 7.05. The molecule has 5 heteroatoms. The van der Waals surface area contributed by atoms with Crippen LogP contribution in [0.25, 0.3) is 0 Å². The molecule has 0 saturated carbocycles. The number of carbonyl (C=O) groups excluding carboxylic acids is 1. The lowest BCUT2D eigenvalue weighted by molar-refractivity contribution is 0.0933. The Hall–Kier alpha value is -2.20. The van der Waals surface area contributed by atoms with E-state index < -0.39 is 0 Å². The number of ether oxygens (including phenoxy) is 1. The fourth-order valence-corrected chi connectivity index (χ4v) is 3.04. The quantitative estimate of drug-likeness (QED) is 0.911. The van der Waals surface area contributed by atoms with Gasteiger partial charge in [0.1, 0.15) is 0 Å². The van der Waals surface area contributed by atoms with Crippen molar-refractivity contribution in [2.75, 3.05) is 7.11 Å². The van der Waals surface area contributed by atoms with E-state index in [1.807, 2.05) is 18.2 Å². The third-order valence-electron chi connectivity index (χ3n) is 3.95. The maximum atomic E-state index is 12.4. The van der Waals surface area contributed by atoms with E-state index in [1.54, 1.807) is 18.2 Å². The molecule has 0 bridgehead atoms. The highest BCUT2D eigenvalue weighted by molar-refractivity contribution is 6.30. The minimum atomic E-state index is -0.316. The molecule has 0 spiro atoms. The molecule has 1 atom stereocenters. The normalized spacial score (nSPS) is 16.2. The number of fused-ring (bicyclic) bond motifs is 1. The van der Waals surface area contributed by atoms with Crippen molar-refractivity contribution in [3.63, 3.8) is 0 Å². The first-order chi connectivity index (χ1) is 10.6. The predicted molar refractivity (Wildman–Crippen MR) is 84.6 cm³/mol. The Balaban J connectivity index is 1.82. The summed E-state index contributed by atoms with van der Waals surface area (Å²) >= 11 is 5.99. The zero-order valence-electron chi connectivity index (χ0n) is 12.1. The second-order valence-corrected chi connectivity index (χ2v) is 5.70. The van der Waals surface area contributed by atoms with Crippen LogP contribution in [0.5, 0.6) is 11.5 Å². The van der Waals surface area contributed by atoms with E-state index >= 15 is 0 Å². The van der Waals surface area contributed by atoms with Gasteiger partial charge in [-0.1, -0.05) is 23.7 Å². The molecule has 0 saturated heterocycles. The Morgan fingerprint density at radius 1 is 1.36 bits per heavy atom. The predicted octanol–water partition coefficient (Wildman–Crippen LogP) is 3.47. The van der Waals surface area contributed by atoms with Gasteiger partial charge in [-0.05, 0) is 48.2 Å².